The molecule has 0 aromatic carbocycles. The molecule has 0 saturated carbocycles. The average molecular weight is 250 g/mol. The summed E-state index contributed by atoms with van der Waals surface area (Å²) in [6.07, 6.45) is 1.43. The fraction of sp³-hybridized carbons (Fsp3) is 0. The maximum atomic E-state index is 11.0. The quantitative estimate of drug-likeness (QED) is 0.339. The number of amides is 1. The Bertz CT molecular complexity index is 318. The van der Waals surface area contributed by atoms with Gasteiger partial charge in [-0.25, -0.2) is 10.8 Å². The second-order valence-corrected chi connectivity index (χ2v) is 3.15. The SMILES string of the molecule is NNC(=O)c1cc(Cl)cnc1Br. The predicted octanol–water partition coefficient (Wildman–Crippen LogP) is 1.10. The van der Waals surface area contributed by atoms with Crippen molar-refractivity contribution in [3.8, 4) is 0 Å². The molecule has 0 saturated heterocycles. The van der Waals surface area contributed by atoms with E-state index in [4.69, 9.17) is 17.4 Å². The minimum atomic E-state index is -0.433. The van der Waals surface area contributed by atoms with Crippen LogP contribution >= 0.6 is 27.5 Å². The number of carbonyl (C=O) groups excluding carboxylic acids is 1. The van der Waals surface area contributed by atoms with Crippen molar-refractivity contribution in [2.45, 2.75) is 0 Å². The Labute approximate surface area is 82.2 Å². The lowest BCUT2D eigenvalue weighted by Crippen LogP contribution is -2.30. The Balaban J connectivity index is 3.13. The smallest absolute Gasteiger partial charge is 0.267 e. The lowest BCUT2D eigenvalue weighted by atomic mass is 10.3. The fourth-order valence-electron chi connectivity index (χ4n) is 0.660. The van der Waals surface area contributed by atoms with E-state index in [0.717, 1.165) is 0 Å². The van der Waals surface area contributed by atoms with Crippen LogP contribution in [0.2, 0.25) is 5.02 Å². The molecule has 1 amide bonds. The number of pyridine rings is 1. The molecule has 3 N–H and O–H groups in total. The summed E-state index contributed by atoms with van der Waals surface area (Å²) < 4.78 is 0.412. The van der Waals surface area contributed by atoms with Gasteiger partial charge in [0.15, 0.2) is 0 Å². The van der Waals surface area contributed by atoms with Crippen LogP contribution in [0.15, 0.2) is 16.9 Å². The minimum absolute atomic E-state index is 0.310. The normalized spacial score (nSPS) is 9.58. The third kappa shape index (κ3) is 1.94. The molecule has 0 fully saturated rings. The van der Waals surface area contributed by atoms with Crippen molar-refractivity contribution in [1.29, 1.82) is 0 Å². The number of nitrogen functional groups attached to an aromatic ring is 1. The summed E-state index contributed by atoms with van der Waals surface area (Å²) in [5.41, 5.74) is 2.29. The van der Waals surface area contributed by atoms with Crippen molar-refractivity contribution in [2.24, 2.45) is 5.84 Å². The molecule has 0 atom stereocenters. The molecule has 1 rings (SSSR count). The lowest BCUT2D eigenvalue weighted by molar-refractivity contribution is 0.0952. The van der Waals surface area contributed by atoms with Crippen LogP contribution in [-0.4, -0.2) is 10.9 Å². The van der Waals surface area contributed by atoms with Crippen LogP contribution in [0, 0.1) is 0 Å². The first kappa shape index (κ1) is 9.44. The fourth-order valence-corrected chi connectivity index (χ4v) is 1.21. The molecular formula is C6H5BrClN3O. The number of carbonyl (C=O) groups is 1. The zero-order chi connectivity index (χ0) is 9.14. The van der Waals surface area contributed by atoms with Gasteiger partial charge >= 0.3 is 0 Å². The highest BCUT2D eigenvalue weighted by Crippen LogP contribution is 2.17. The van der Waals surface area contributed by atoms with Gasteiger partial charge in [0.25, 0.3) is 5.91 Å². The number of nitrogens with two attached hydrogens (primary N) is 1. The zero-order valence-electron chi connectivity index (χ0n) is 5.84. The van der Waals surface area contributed by atoms with E-state index in [1.807, 2.05) is 5.43 Å². The maximum Gasteiger partial charge on any atom is 0.267 e. The van der Waals surface area contributed by atoms with Crippen molar-refractivity contribution >= 4 is 33.4 Å². The Morgan fingerprint density at radius 2 is 2.42 bits per heavy atom. The topological polar surface area (TPSA) is 68.0 Å². The Hall–Kier alpha value is -0.650. The third-order valence-corrected chi connectivity index (χ3v) is 2.02. The number of rotatable bonds is 1. The molecule has 0 spiro atoms. The Morgan fingerprint density at radius 3 is 3.00 bits per heavy atom. The van der Waals surface area contributed by atoms with Gasteiger partial charge in [-0.05, 0) is 22.0 Å². The van der Waals surface area contributed by atoms with Gasteiger partial charge in [-0.1, -0.05) is 11.6 Å². The van der Waals surface area contributed by atoms with Crippen molar-refractivity contribution < 1.29 is 4.79 Å². The molecule has 1 aromatic heterocycles. The van der Waals surface area contributed by atoms with Crippen LogP contribution in [-0.2, 0) is 0 Å². The number of hydrazine groups is 1. The van der Waals surface area contributed by atoms with Gasteiger partial charge in [0.05, 0.1) is 10.6 Å². The molecule has 0 aliphatic heterocycles. The first-order chi connectivity index (χ1) is 5.65. The summed E-state index contributed by atoms with van der Waals surface area (Å²) in [5, 5.41) is 0.386. The number of nitrogens with zero attached hydrogens (tertiary/aromatic N) is 1. The van der Waals surface area contributed by atoms with Crippen LogP contribution < -0.4 is 11.3 Å². The molecule has 4 nitrogen and oxygen atoms in total. The molecular weight excluding hydrogens is 245 g/mol. The van der Waals surface area contributed by atoms with Crippen LogP contribution in [0.1, 0.15) is 10.4 Å². The third-order valence-electron chi connectivity index (χ3n) is 1.18. The summed E-state index contributed by atoms with van der Waals surface area (Å²) in [5.74, 6) is 4.50. The van der Waals surface area contributed by atoms with Crippen molar-refractivity contribution in [2.75, 3.05) is 0 Å². The first-order valence-corrected chi connectivity index (χ1v) is 4.14. The summed E-state index contributed by atoms with van der Waals surface area (Å²) in [4.78, 5) is 14.8. The van der Waals surface area contributed by atoms with Gasteiger partial charge in [0.1, 0.15) is 4.60 Å². The molecule has 64 valence electrons. The highest BCUT2D eigenvalue weighted by atomic mass is 79.9. The summed E-state index contributed by atoms with van der Waals surface area (Å²) in [7, 11) is 0. The molecule has 0 aliphatic carbocycles. The van der Waals surface area contributed by atoms with Crippen molar-refractivity contribution in [3.63, 3.8) is 0 Å². The largest absolute Gasteiger partial charge is 0.290 e. The van der Waals surface area contributed by atoms with E-state index in [0.29, 0.717) is 15.2 Å². The highest BCUT2D eigenvalue weighted by Gasteiger charge is 2.09. The summed E-state index contributed by atoms with van der Waals surface area (Å²) >= 11 is 8.70. The van der Waals surface area contributed by atoms with Gasteiger partial charge in [0.2, 0.25) is 0 Å². The summed E-state index contributed by atoms with van der Waals surface area (Å²) in [6.45, 7) is 0. The van der Waals surface area contributed by atoms with E-state index in [2.05, 4.69) is 20.9 Å². The molecule has 1 aromatic rings. The second kappa shape index (κ2) is 3.84. The van der Waals surface area contributed by atoms with Gasteiger partial charge in [-0.3, -0.25) is 10.2 Å². The van der Waals surface area contributed by atoms with E-state index in [1.54, 1.807) is 0 Å². The standard InChI is InChI=1S/C6H5BrClN3O/c7-5-4(6(12)11-9)1-3(8)2-10-5/h1-2H,9H2,(H,11,12). The van der Waals surface area contributed by atoms with E-state index in [-0.39, 0.29) is 0 Å². The second-order valence-electron chi connectivity index (χ2n) is 1.97. The zero-order valence-corrected chi connectivity index (χ0v) is 8.19. The molecule has 0 bridgehead atoms. The summed E-state index contributed by atoms with van der Waals surface area (Å²) in [6, 6.07) is 1.47. The minimum Gasteiger partial charge on any atom is -0.290 e. The first-order valence-electron chi connectivity index (χ1n) is 2.97. The lowest BCUT2D eigenvalue weighted by Gasteiger charge is -2.01. The van der Waals surface area contributed by atoms with Gasteiger partial charge in [-0.15, -0.1) is 0 Å². The molecule has 6 heteroatoms. The van der Waals surface area contributed by atoms with Crippen LogP contribution in [0.5, 0.6) is 0 Å². The van der Waals surface area contributed by atoms with Crippen LogP contribution in [0.25, 0.3) is 0 Å². The van der Waals surface area contributed by atoms with Gasteiger partial charge in [-0.2, -0.15) is 0 Å². The van der Waals surface area contributed by atoms with Gasteiger partial charge < -0.3 is 0 Å². The van der Waals surface area contributed by atoms with E-state index in [9.17, 15) is 4.79 Å². The number of hydrogen-bond donors (Lipinski definition) is 2. The van der Waals surface area contributed by atoms with E-state index in [1.165, 1.54) is 12.3 Å². The average Bonchev–Trinajstić information content (AvgIpc) is 2.08. The monoisotopic (exact) mass is 249 g/mol. The molecule has 1 heterocycles. The molecule has 0 radical (unpaired) electrons. The molecule has 0 unspecified atom stereocenters. The number of aromatic nitrogens is 1. The van der Waals surface area contributed by atoms with Crippen LogP contribution in [0.3, 0.4) is 0 Å². The predicted molar refractivity (Wildman–Crippen MR) is 48.6 cm³/mol. The number of nitrogens with one attached hydrogen (secondary N) is 1. The van der Waals surface area contributed by atoms with E-state index >= 15 is 0 Å². The van der Waals surface area contributed by atoms with Gasteiger partial charge in [0, 0.05) is 6.20 Å². The van der Waals surface area contributed by atoms with Crippen LogP contribution in [0.4, 0.5) is 0 Å². The molecule has 0 aliphatic rings. The maximum absolute atomic E-state index is 11.0. The number of halogens is 2. The van der Waals surface area contributed by atoms with Crippen molar-refractivity contribution in [1.82, 2.24) is 10.4 Å². The highest BCUT2D eigenvalue weighted by molar-refractivity contribution is 9.10. The number of hydrogen-bond acceptors (Lipinski definition) is 3. The van der Waals surface area contributed by atoms with Crippen molar-refractivity contribution in [3.05, 3.63) is 27.5 Å². The van der Waals surface area contributed by atoms with E-state index < -0.39 is 5.91 Å². The Morgan fingerprint density at radius 1 is 1.75 bits per heavy atom. The molecule has 12 heavy (non-hydrogen) atoms. The Kier molecular flexibility index (Phi) is 3.02.